The van der Waals surface area contributed by atoms with Crippen LogP contribution >= 0.6 is 0 Å². The molecule has 0 fully saturated rings. The maximum atomic E-state index is 13.5. The number of hydrogen-bond acceptors (Lipinski definition) is 1. The number of benzene rings is 2. The third kappa shape index (κ3) is 3.58. The van der Waals surface area contributed by atoms with Crippen LogP contribution in [0.4, 0.5) is 22.0 Å². The smallest absolute Gasteiger partial charge is 0.324 e. The molecule has 6 heteroatoms. The summed E-state index contributed by atoms with van der Waals surface area (Å²) in [5.74, 6) is -1.84. The summed E-state index contributed by atoms with van der Waals surface area (Å²) in [5, 5.41) is 0. The van der Waals surface area contributed by atoms with E-state index in [1.54, 1.807) is 6.07 Å². The largest absolute Gasteiger partial charge is 0.419 e. The molecule has 0 aliphatic rings. The number of alkyl halides is 3. The Balaban J connectivity index is 2.23. The van der Waals surface area contributed by atoms with Crippen molar-refractivity contribution in [3.63, 3.8) is 0 Å². The molecule has 21 heavy (non-hydrogen) atoms. The van der Waals surface area contributed by atoms with Gasteiger partial charge in [-0.15, -0.1) is 0 Å². The van der Waals surface area contributed by atoms with Crippen molar-refractivity contribution in [1.29, 1.82) is 0 Å². The van der Waals surface area contributed by atoms with E-state index in [1.807, 2.05) is 0 Å². The summed E-state index contributed by atoms with van der Waals surface area (Å²) in [7, 11) is 0. The van der Waals surface area contributed by atoms with Gasteiger partial charge in [0, 0.05) is 6.04 Å². The molecule has 0 bridgehead atoms. The highest BCUT2D eigenvalue weighted by molar-refractivity contribution is 5.30. The zero-order valence-electron chi connectivity index (χ0n) is 10.8. The number of nitrogens with two attached hydrogens (primary N) is 1. The van der Waals surface area contributed by atoms with Crippen molar-refractivity contribution in [3.8, 4) is 0 Å². The lowest BCUT2D eigenvalue weighted by Gasteiger charge is -2.15. The fraction of sp³-hybridized carbons (Fsp3) is 0.200. The summed E-state index contributed by atoms with van der Waals surface area (Å²) in [4.78, 5) is 0. The Hall–Kier alpha value is -1.95. The molecular formula is C15H12F5N. The molecule has 2 aromatic carbocycles. The SMILES string of the molecule is NC(Cc1ccccc1F)c1ccc(C(F)(F)F)c(F)c1. The lowest BCUT2D eigenvalue weighted by molar-refractivity contribution is -0.140. The van der Waals surface area contributed by atoms with E-state index in [9.17, 15) is 22.0 Å². The summed E-state index contributed by atoms with van der Waals surface area (Å²) in [6, 6.07) is 7.63. The Kier molecular flexibility index (Phi) is 4.27. The molecule has 0 aliphatic heterocycles. The Bertz CT molecular complexity index is 636. The summed E-state index contributed by atoms with van der Waals surface area (Å²) in [6.07, 6.45) is -4.68. The molecule has 2 aromatic rings. The zero-order chi connectivity index (χ0) is 15.6. The Morgan fingerprint density at radius 1 is 0.952 bits per heavy atom. The summed E-state index contributed by atoms with van der Waals surface area (Å²) in [6.45, 7) is 0. The van der Waals surface area contributed by atoms with Gasteiger partial charge in [0.1, 0.15) is 11.6 Å². The molecule has 0 radical (unpaired) electrons. The molecular weight excluding hydrogens is 289 g/mol. The van der Waals surface area contributed by atoms with Crippen molar-refractivity contribution in [2.75, 3.05) is 0 Å². The highest BCUT2D eigenvalue weighted by Crippen LogP contribution is 2.32. The molecule has 0 saturated carbocycles. The van der Waals surface area contributed by atoms with Gasteiger partial charge in [0.15, 0.2) is 0 Å². The second kappa shape index (κ2) is 5.81. The van der Waals surface area contributed by atoms with E-state index in [0.29, 0.717) is 11.6 Å². The zero-order valence-corrected chi connectivity index (χ0v) is 10.8. The average molecular weight is 301 g/mol. The van der Waals surface area contributed by atoms with Crippen LogP contribution in [0.1, 0.15) is 22.7 Å². The van der Waals surface area contributed by atoms with Crippen molar-refractivity contribution < 1.29 is 22.0 Å². The van der Waals surface area contributed by atoms with Gasteiger partial charge in [0.25, 0.3) is 0 Å². The highest BCUT2D eigenvalue weighted by Gasteiger charge is 2.34. The van der Waals surface area contributed by atoms with Gasteiger partial charge >= 0.3 is 6.18 Å². The predicted molar refractivity (Wildman–Crippen MR) is 68.4 cm³/mol. The van der Waals surface area contributed by atoms with Crippen LogP contribution in [0.2, 0.25) is 0 Å². The molecule has 0 amide bonds. The first-order chi connectivity index (χ1) is 9.79. The van der Waals surface area contributed by atoms with Crippen molar-refractivity contribution in [2.24, 2.45) is 5.73 Å². The van der Waals surface area contributed by atoms with E-state index < -0.39 is 29.4 Å². The van der Waals surface area contributed by atoms with Crippen LogP contribution < -0.4 is 5.73 Å². The number of hydrogen-bond donors (Lipinski definition) is 1. The summed E-state index contributed by atoms with van der Waals surface area (Å²) in [5.41, 5.74) is 4.97. The van der Waals surface area contributed by atoms with E-state index >= 15 is 0 Å². The van der Waals surface area contributed by atoms with Gasteiger partial charge in [0.05, 0.1) is 5.56 Å². The van der Waals surface area contributed by atoms with Crippen molar-refractivity contribution >= 4 is 0 Å². The topological polar surface area (TPSA) is 26.0 Å². The van der Waals surface area contributed by atoms with E-state index in [2.05, 4.69) is 0 Å². The van der Waals surface area contributed by atoms with Crippen LogP contribution in [0.3, 0.4) is 0 Å². The van der Waals surface area contributed by atoms with E-state index in [-0.39, 0.29) is 12.0 Å². The van der Waals surface area contributed by atoms with Crippen LogP contribution in [0.15, 0.2) is 42.5 Å². The fourth-order valence-corrected chi connectivity index (χ4v) is 2.01. The first kappa shape index (κ1) is 15.4. The van der Waals surface area contributed by atoms with Gasteiger partial charge in [-0.3, -0.25) is 0 Å². The van der Waals surface area contributed by atoms with Crippen molar-refractivity contribution in [2.45, 2.75) is 18.6 Å². The summed E-state index contributed by atoms with van der Waals surface area (Å²) < 4.78 is 64.3. The molecule has 112 valence electrons. The minimum atomic E-state index is -4.75. The molecule has 0 heterocycles. The third-order valence-corrected chi connectivity index (χ3v) is 3.12. The normalized spacial score (nSPS) is 13.2. The second-order valence-corrected chi connectivity index (χ2v) is 4.64. The summed E-state index contributed by atoms with van der Waals surface area (Å²) >= 11 is 0. The van der Waals surface area contributed by atoms with E-state index in [4.69, 9.17) is 5.73 Å². The number of rotatable bonds is 3. The highest BCUT2D eigenvalue weighted by atomic mass is 19.4. The lowest BCUT2D eigenvalue weighted by atomic mass is 9.98. The molecule has 0 spiro atoms. The van der Waals surface area contributed by atoms with Crippen LogP contribution in [0.25, 0.3) is 0 Å². The van der Waals surface area contributed by atoms with Gasteiger partial charge in [-0.1, -0.05) is 24.3 Å². The van der Waals surface area contributed by atoms with Crippen molar-refractivity contribution in [1.82, 2.24) is 0 Å². The first-order valence-corrected chi connectivity index (χ1v) is 6.14. The minimum Gasteiger partial charge on any atom is -0.324 e. The number of halogens is 5. The lowest BCUT2D eigenvalue weighted by Crippen LogP contribution is -2.16. The van der Waals surface area contributed by atoms with E-state index in [1.165, 1.54) is 18.2 Å². The van der Waals surface area contributed by atoms with Gasteiger partial charge in [0.2, 0.25) is 0 Å². The minimum absolute atomic E-state index is 0.0669. The Labute approximate surface area is 118 Å². The standard InChI is InChI=1S/C15H12F5N/c16-12-4-2-1-3-9(12)8-14(21)10-5-6-11(13(17)7-10)15(18,19)20/h1-7,14H,8,21H2. The van der Waals surface area contributed by atoms with Gasteiger partial charge in [-0.2, -0.15) is 13.2 Å². The van der Waals surface area contributed by atoms with Gasteiger partial charge in [-0.05, 0) is 35.7 Å². The Morgan fingerprint density at radius 3 is 2.19 bits per heavy atom. The first-order valence-electron chi connectivity index (χ1n) is 6.14. The maximum Gasteiger partial charge on any atom is 0.419 e. The quantitative estimate of drug-likeness (QED) is 0.844. The Morgan fingerprint density at radius 2 is 1.62 bits per heavy atom. The van der Waals surface area contributed by atoms with Crippen molar-refractivity contribution in [3.05, 3.63) is 70.8 Å². The molecule has 1 nitrogen and oxygen atoms in total. The molecule has 0 saturated heterocycles. The van der Waals surface area contributed by atoms with E-state index in [0.717, 1.165) is 12.1 Å². The van der Waals surface area contributed by atoms with Gasteiger partial charge < -0.3 is 5.73 Å². The molecule has 2 rings (SSSR count). The fourth-order valence-electron chi connectivity index (χ4n) is 2.01. The van der Waals surface area contributed by atoms with Crippen LogP contribution in [-0.2, 0) is 12.6 Å². The average Bonchev–Trinajstić information content (AvgIpc) is 2.39. The maximum absolute atomic E-state index is 13.5. The molecule has 1 unspecified atom stereocenters. The predicted octanol–water partition coefficient (Wildman–Crippen LogP) is 4.23. The monoisotopic (exact) mass is 301 g/mol. The molecule has 0 aromatic heterocycles. The van der Waals surface area contributed by atoms with Crippen LogP contribution in [0.5, 0.6) is 0 Å². The molecule has 0 aliphatic carbocycles. The van der Waals surface area contributed by atoms with Crippen LogP contribution in [0, 0.1) is 11.6 Å². The van der Waals surface area contributed by atoms with Gasteiger partial charge in [-0.25, -0.2) is 8.78 Å². The molecule has 1 atom stereocenters. The molecule has 2 N–H and O–H groups in total. The second-order valence-electron chi connectivity index (χ2n) is 4.64. The van der Waals surface area contributed by atoms with Crippen LogP contribution in [-0.4, -0.2) is 0 Å². The third-order valence-electron chi connectivity index (χ3n) is 3.12.